The average molecular weight is 331 g/mol. The molecule has 0 aliphatic heterocycles. The first-order valence-electron chi connectivity index (χ1n) is 5.78. The molecule has 0 fully saturated rings. The highest BCUT2D eigenvalue weighted by atomic mass is 79.9. The molecule has 2 aromatic rings. The molecule has 19 heavy (non-hydrogen) atoms. The van der Waals surface area contributed by atoms with Gasteiger partial charge in [0.15, 0.2) is 11.6 Å². The van der Waals surface area contributed by atoms with Gasteiger partial charge in [0.25, 0.3) is 0 Å². The van der Waals surface area contributed by atoms with Crippen molar-refractivity contribution in [3.8, 4) is 0 Å². The molecule has 0 saturated carbocycles. The first-order chi connectivity index (χ1) is 8.89. The zero-order valence-electron chi connectivity index (χ0n) is 10.5. The van der Waals surface area contributed by atoms with E-state index in [1.807, 2.05) is 6.92 Å². The fourth-order valence-electron chi connectivity index (χ4n) is 2.09. The second-order valence-corrected chi connectivity index (χ2v) is 5.18. The van der Waals surface area contributed by atoms with Gasteiger partial charge in [0.05, 0.1) is 16.4 Å². The molecule has 0 bridgehead atoms. The molecule has 0 saturated heterocycles. The van der Waals surface area contributed by atoms with Gasteiger partial charge in [0.1, 0.15) is 5.60 Å². The monoisotopic (exact) mass is 330 g/mol. The van der Waals surface area contributed by atoms with Crippen molar-refractivity contribution in [1.29, 1.82) is 0 Å². The minimum atomic E-state index is -1.68. The second-order valence-electron chi connectivity index (χ2n) is 4.33. The number of halogens is 3. The van der Waals surface area contributed by atoms with Crippen molar-refractivity contribution in [3.05, 3.63) is 51.8 Å². The molecule has 1 aromatic heterocycles. The Bertz CT molecular complexity index is 611. The molecular weight excluding hydrogens is 318 g/mol. The van der Waals surface area contributed by atoms with Crippen LogP contribution in [-0.2, 0) is 12.1 Å². The summed E-state index contributed by atoms with van der Waals surface area (Å²) in [6.07, 6.45) is 1.52. The van der Waals surface area contributed by atoms with Crippen LogP contribution in [0, 0.1) is 11.6 Å². The summed E-state index contributed by atoms with van der Waals surface area (Å²) in [5.41, 5.74) is -1.42. The third-order valence-electron chi connectivity index (χ3n) is 3.03. The maximum Gasteiger partial charge on any atom is 0.165 e. The first kappa shape index (κ1) is 14.1. The van der Waals surface area contributed by atoms with E-state index < -0.39 is 17.2 Å². The fourth-order valence-corrected chi connectivity index (χ4v) is 2.78. The Labute approximate surface area is 118 Å². The van der Waals surface area contributed by atoms with Crippen LogP contribution >= 0.6 is 15.9 Å². The highest BCUT2D eigenvalue weighted by molar-refractivity contribution is 9.10. The quantitative estimate of drug-likeness (QED) is 0.938. The van der Waals surface area contributed by atoms with Crippen LogP contribution in [0.15, 0.2) is 28.9 Å². The average Bonchev–Trinajstić information content (AvgIpc) is 2.74. The van der Waals surface area contributed by atoms with Crippen LogP contribution in [0.2, 0.25) is 0 Å². The van der Waals surface area contributed by atoms with Gasteiger partial charge < -0.3 is 5.11 Å². The van der Waals surface area contributed by atoms with Gasteiger partial charge in [0, 0.05) is 12.1 Å². The Kier molecular flexibility index (Phi) is 3.73. The van der Waals surface area contributed by atoms with Crippen LogP contribution in [0.4, 0.5) is 8.78 Å². The maximum atomic E-state index is 13.9. The van der Waals surface area contributed by atoms with Gasteiger partial charge in [0.2, 0.25) is 0 Å². The molecule has 1 atom stereocenters. The van der Waals surface area contributed by atoms with E-state index in [4.69, 9.17) is 0 Å². The standard InChI is InChI=1S/C13H13BrF2N2O/c1-3-18-12(9(14)7-17-18)13(2,19)8-5-4-6-10(15)11(8)16/h4-7,19H,3H2,1-2H3. The molecule has 102 valence electrons. The minimum Gasteiger partial charge on any atom is -0.379 e. The van der Waals surface area contributed by atoms with E-state index in [-0.39, 0.29) is 5.56 Å². The van der Waals surface area contributed by atoms with E-state index in [0.29, 0.717) is 16.7 Å². The lowest BCUT2D eigenvalue weighted by Gasteiger charge is -2.26. The molecule has 0 radical (unpaired) electrons. The van der Waals surface area contributed by atoms with E-state index in [1.165, 1.54) is 29.9 Å². The SMILES string of the molecule is CCn1ncc(Br)c1C(C)(O)c1cccc(F)c1F. The van der Waals surface area contributed by atoms with Crippen molar-refractivity contribution in [3.63, 3.8) is 0 Å². The molecule has 1 N–H and O–H groups in total. The first-order valence-corrected chi connectivity index (χ1v) is 6.57. The van der Waals surface area contributed by atoms with Crippen molar-refractivity contribution in [2.45, 2.75) is 26.0 Å². The third kappa shape index (κ3) is 2.30. The molecule has 0 spiro atoms. The molecule has 0 aliphatic carbocycles. The summed E-state index contributed by atoms with van der Waals surface area (Å²) in [6.45, 7) is 3.77. The van der Waals surface area contributed by atoms with E-state index in [0.717, 1.165) is 6.07 Å². The fraction of sp³-hybridized carbons (Fsp3) is 0.308. The number of hydrogen-bond acceptors (Lipinski definition) is 2. The lowest BCUT2D eigenvalue weighted by molar-refractivity contribution is 0.0860. The normalized spacial score (nSPS) is 14.4. The van der Waals surface area contributed by atoms with E-state index in [1.54, 1.807) is 0 Å². The number of hydrogen-bond donors (Lipinski definition) is 1. The van der Waals surface area contributed by atoms with Crippen LogP contribution in [0.25, 0.3) is 0 Å². The lowest BCUT2D eigenvalue weighted by Crippen LogP contribution is -2.29. The smallest absolute Gasteiger partial charge is 0.165 e. The van der Waals surface area contributed by atoms with Gasteiger partial charge in [-0.25, -0.2) is 8.78 Å². The second kappa shape index (κ2) is 5.02. The topological polar surface area (TPSA) is 38.0 Å². The minimum absolute atomic E-state index is 0.122. The van der Waals surface area contributed by atoms with Crippen molar-refractivity contribution >= 4 is 15.9 Å². The Morgan fingerprint density at radius 3 is 2.74 bits per heavy atom. The van der Waals surface area contributed by atoms with E-state index in [9.17, 15) is 13.9 Å². The Hall–Kier alpha value is -1.27. The number of aliphatic hydroxyl groups is 1. The summed E-state index contributed by atoms with van der Waals surface area (Å²) in [5.74, 6) is -2.04. The number of aromatic nitrogens is 2. The molecular formula is C13H13BrF2N2O. The molecule has 1 heterocycles. The van der Waals surface area contributed by atoms with Crippen LogP contribution < -0.4 is 0 Å². The zero-order chi connectivity index (χ0) is 14.2. The van der Waals surface area contributed by atoms with Gasteiger partial charge >= 0.3 is 0 Å². The van der Waals surface area contributed by atoms with Crippen molar-refractivity contribution in [2.75, 3.05) is 0 Å². The Morgan fingerprint density at radius 1 is 1.42 bits per heavy atom. The van der Waals surface area contributed by atoms with Gasteiger partial charge in [-0.15, -0.1) is 0 Å². The maximum absolute atomic E-state index is 13.9. The highest BCUT2D eigenvalue weighted by Gasteiger charge is 2.35. The summed E-state index contributed by atoms with van der Waals surface area (Å²) in [7, 11) is 0. The van der Waals surface area contributed by atoms with Gasteiger partial charge in [-0.2, -0.15) is 5.10 Å². The van der Waals surface area contributed by atoms with E-state index >= 15 is 0 Å². The summed E-state index contributed by atoms with van der Waals surface area (Å²) >= 11 is 3.27. The molecule has 1 aromatic carbocycles. The molecule has 0 aliphatic rings. The van der Waals surface area contributed by atoms with Crippen LogP contribution in [-0.4, -0.2) is 14.9 Å². The van der Waals surface area contributed by atoms with Crippen LogP contribution in [0.5, 0.6) is 0 Å². The summed E-state index contributed by atoms with van der Waals surface area (Å²) in [6, 6.07) is 3.74. The Balaban J connectivity index is 2.65. The largest absolute Gasteiger partial charge is 0.379 e. The van der Waals surface area contributed by atoms with Gasteiger partial charge in [-0.05, 0) is 35.8 Å². The molecule has 3 nitrogen and oxygen atoms in total. The van der Waals surface area contributed by atoms with Gasteiger partial charge in [-0.1, -0.05) is 12.1 Å². The molecule has 0 amide bonds. The number of benzene rings is 1. The molecule has 2 rings (SSSR count). The molecule has 1 unspecified atom stereocenters. The summed E-state index contributed by atoms with van der Waals surface area (Å²) in [5, 5.41) is 14.7. The van der Waals surface area contributed by atoms with Crippen molar-refractivity contribution < 1.29 is 13.9 Å². The summed E-state index contributed by atoms with van der Waals surface area (Å²) in [4.78, 5) is 0. The Morgan fingerprint density at radius 2 is 2.11 bits per heavy atom. The lowest BCUT2D eigenvalue weighted by atomic mass is 9.91. The predicted molar refractivity (Wildman–Crippen MR) is 70.6 cm³/mol. The summed E-state index contributed by atoms with van der Waals surface area (Å²) < 4.78 is 29.3. The van der Waals surface area contributed by atoms with Crippen LogP contribution in [0.3, 0.4) is 0 Å². The number of rotatable bonds is 3. The number of nitrogens with zero attached hydrogens (tertiary/aromatic N) is 2. The van der Waals surface area contributed by atoms with Crippen molar-refractivity contribution in [1.82, 2.24) is 9.78 Å². The van der Waals surface area contributed by atoms with Gasteiger partial charge in [-0.3, -0.25) is 4.68 Å². The van der Waals surface area contributed by atoms with E-state index in [2.05, 4.69) is 21.0 Å². The zero-order valence-corrected chi connectivity index (χ0v) is 12.1. The predicted octanol–water partition coefficient (Wildman–Crippen LogP) is 3.20. The third-order valence-corrected chi connectivity index (χ3v) is 3.61. The van der Waals surface area contributed by atoms with Crippen molar-refractivity contribution in [2.24, 2.45) is 0 Å². The van der Waals surface area contributed by atoms with Crippen LogP contribution in [0.1, 0.15) is 25.1 Å². The number of aryl methyl sites for hydroxylation is 1. The highest BCUT2D eigenvalue weighted by Crippen LogP contribution is 2.35. The molecule has 6 heteroatoms.